The molecule has 0 aliphatic rings. The Morgan fingerprint density at radius 3 is 2.45 bits per heavy atom. The largest absolute Gasteiger partial charge is 0.493 e. The normalized spacial score (nSPS) is 10.3. The van der Waals surface area contributed by atoms with Crippen LogP contribution in [0.3, 0.4) is 0 Å². The Morgan fingerprint density at radius 2 is 1.77 bits per heavy atom. The molecule has 0 aliphatic carbocycles. The maximum absolute atomic E-state index is 12.7. The van der Waals surface area contributed by atoms with Crippen molar-refractivity contribution in [3.8, 4) is 5.75 Å². The minimum atomic E-state index is -0.326. The number of halogens is 1. The zero-order valence-corrected chi connectivity index (χ0v) is 12.1. The molecule has 0 bridgehead atoms. The topological polar surface area (TPSA) is 58.6 Å². The first-order valence-electron chi connectivity index (χ1n) is 7.02. The maximum Gasteiger partial charge on any atom is 0.223 e. The van der Waals surface area contributed by atoms with E-state index in [0.717, 1.165) is 11.1 Å². The van der Waals surface area contributed by atoms with E-state index in [2.05, 4.69) is 5.32 Å². The highest BCUT2D eigenvalue weighted by Gasteiger charge is 2.05. The molecule has 0 unspecified atom stereocenters. The molecule has 2 aromatic rings. The van der Waals surface area contributed by atoms with Gasteiger partial charge in [-0.25, -0.2) is 4.39 Å². The third-order valence-corrected chi connectivity index (χ3v) is 3.18. The van der Waals surface area contributed by atoms with Gasteiger partial charge in [-0.3, -0.25) is 4.79 Å². The van der Waals surface area contributed by atoms with Gasteiger partial charge in [-0.15, -0.1) is 0 Å². The van der Waals surface area contributed by atoms with Crippen LogP contribution in [0.25, 0.3) is 0 Å². The van der Waals surface area contributed by atoms with Gasteiger partial charge < -0.3 is 15.2 Å². The van der Waals surface area contributed by atoms with Crippen LogP contribution in [-0.2, 0) is 17.9 Å². The number of hydrogen-bond donors (Lipinski definition) is 2. The first-order chi connectivity index (χ1) is 10.7. The number of aliphatic hydroxyl groups is 1. The van der Waals surface area contributed by atoms with E-state index in [1.165, 1.54) is 24.3 Å². The van der Waals surface area contributed by atoms with Crippen LogP contribution in [0.5, 0.6) is 5.75 Å². The molecule has 22 heavy (non-hydrogen) atoms. The summed E-state index contributed by atoms with van der Waals surface area (Å²) < 4.78 is 18.1. The van der Waals surface area contributed by atoms with Gasteiger partial charge in [-0.1, -0.05) is 24.3 Å². The number of aliphatic hydroxyl groups excluding tert-OH is 1. The van der Waals surface area contributed by atoms with Crippen molar-refractivity contribution in [1.29, 1.82) is 0 Å². The first kappa shape index (κ1) is 16.0. The first-order valence-corrected chi connectivity index (χ1v) is 7.02. The summed E-state index contributed by atoms with van der Waals surface area (Å²) in [6, 6.07) is 13.0. The van der Waals surface area contributed by atoms with E-state index in [0.29, 0.717) is 12.3 Å². The molecule has 0 spiro atoms. The van der Waals surface area contributed by atoms with Gasteiger partial charge in [0, 0.05) is 6.54 Å². The molecule has 0 saturated carbocycles. The van der Waals surface area contributed by atoms with Gasteiger partial charge in [0.1, 0.15) is 11.6 Å². The quantitative estimate of drug-likeness (QED) is 0.826. The van der Waals surface area contributed by atoms with Crippen molar-refractivity contribution in [3.63, 3.8) is 0 Å². The van der Waals surface area contributed by atoms with Gasteiger partial charge in [0.05, 0.1) is 19.6 Å². The lowest BCUT2D eigenvalue weighted by atomic mass is 10.1. The minimum absolute atomic E-state index is 0.0558. The summed E-state index contributed by atoms with van der Waals surface area (Å²) in [7, 11) is 0. The fourth-order valence-corrected chi connectivity index (χ4v) is 1.96. The second kappa shape index (κ2) is 8.14. The van der Waals surface area contributed by atoms with Crippen molar-refractivity contribution in [1.82, 2.24) is 5.32 Å². The van der Waals surface area contributed by atoms with Gasteiger partial charge in [0.2, 0.25) is 5.91 Å². The van der Waals surface area contributed by atoms with Crippen LogP contribution < -0.4 is 10.1 Å². The van der Waals surface area contributed by atoms with Crippen LogP contribution in [0.2, 0.25) is 0 Å². The second-order valence-corrected chi connectivity index (χ2v) is 4.76. The molecule has 2 rings (SSSR count). The van der Waals surface area contributed by atoms with Gasteiger partial charge in [-0.05, 0) is 35.4 Å². The average molecular weight is 303 g/mol. The van der Waals surface area contributed by atoms with E-state index in [1.807, 2.05) is 24.3 Å². The fraction of sp³-hybridized carbons (Fsp3) is 0.235. The Bertz CT molecular complexity index is 614. The van der Waals surface area contributed by atoms with E-state index >= 15 is 0 Å². The third-order valence-electron chi connectivity index (χ3n) is 3.18. The molecule has 5 heteroatoms. The lowest BCUT2D eigenvalue weighted by Gasteiger charge is -2.09. The zero-order chi connectivity index (χ0) is 15.8. The summed E-state index contributed by atoms with van der Waals surface area (Å²) in [5.74, 6) is 0.0577. The summed E-state index contributed by atoms with van der Waals surface area (Å²) >= 11 is 0. The van der Waals surface area contributed by atoms with Gasteiger partial charge in [0.25, 0.3) is 0 Å². The molecule has 0 aromatic heterocycles. The number of hydrogen-bond acceptors (Lipinski definition) is 3. The monoisotopic (exact) mass is 303 g/mol. The standard InChI is InChI=1S/C17H18FNO3/c18-15-5-7-16(8-6-15)22-10-9-17(21)19-11-13-3-1-2-4-14(13)12-20/h1-8,20H,9-12H2,(H,19,21). The Balaban J connectivity index is 1.73. The predicted octanol–water partition coefficient (Wildman–Crippen LogP) is 2.40. The van der Waals surface area contributed by atoms with Crippen LogP contribution in [-0.4, -0.2) is 17.6 Å². The van der Waals surface area contributed by atoms with Crippen LogP contribution in [0.4, 0.5) is 4.39 Å². The Hall–Kier alpha value is -2.40. The van der Waals surface area contributed by atoms with Crippen LogP contribution in [0, 0.1) is 5.82 Å². The number of rotatable bonds is 7. The molecule has 0 fully saturated rings. The SMILES string of the molecule is O=C(CCOc1ccc(F)cc1)NCc1ccccc1CO. The number of ether oxygens (including phenoxy) is 1. The molecule has 0 saturated heterocycles. The summed E-state index contributed by atoms with van der Waals surface area (Å²) in [5.41, 5.74) is 1.68. The molecule has 4 nitrogen and oxygen atoms in total. The van der Waals surface area contributed by atoms with Crippen molar-refractivity contribution in [2.75, 3.05) is 6.61 Å². The van der Waals surface area contributed by atoms with E-state index in [-0.39, 0.29) is 31.4 Å². The number of carbonyl (C=O) groups is 1. The maximum atomic E-state index is 12.7. The summed E-state index contributed by atoms with van der Waals surface area (Å²) in [4.78, 5) is 11.7. The third kappa shape index (κ3) is 4.86. The van der Waals surface area contributed by atoms with E-state index < -0.39 is 0 Å². The Labute approximate surface area is 128 Å². The fourth-order valence-electron chi connectivity index (χ4n) is 1.96. The van der Waals surface area contributed by atoms with Gasteiger partial charge >= 0.3 is 0 Å². The van der Waals surface area contributed by atoms with Crippen molar-refractivity contribution >= 4 is 5.91 Å². The molecule has 0 aliphatic heterocycles. The number of amides is 1. The van der Waals surface area contributed by atoms with Crippen molar-refractivity contribution in [2.45, 2.75) is 19.6 Å². The minimum Gasteiger partial charge on any atom is -0.493 e. The number of nitrogens with one attached hydrogen (secondary N) is 1. The molecular weight excluding hydrogens is 285 g/mol. The summed E-state index contributed by atoms with van der Waals surface area (Å²) in [6.07, 6.45) is 0.207. The lowest BCUT2D eigenvalue weighted by Crippen LogP contribution is -2.25. The van der Waals surface area contributed by atoms with E-state index in [1.54, 1.807) is 0 Å². The van der Waals surface area contributed by atoms with Crippen LogP contribution in [0.15, 0.2) is 48.5 Å². The second-order valence-electron chi connectivity index (χ2n) is 4.76. The molecule has 2 N–H and O–H groups in total. The van der Waals surface area contributed by atoms with Crippen LogP contribution in [0.1, 0.15) is 17.5 Å². The van der Waals surface area contributed by atoms with Gasteiger partial charge in [0.15, 0.2) is 0 Å². The highest BCUT2D eigenvalue weighted by Crippen LogP contribution is 2.11. The molecule has 0 atom stereocenters. The Morgan fingerprint density at radius 1 is 1.09 bits per heavy atom. The predicted molar refractivity (Wildman–Crippen MR) is 80.7 cm³/mol. The van der Waals surface area contributed by atoms with E-state index in [4.69, 9.17) is 4.74 Å². The molecule has 2 aromatic carbocycles. The van der Waals surface area contributed by atoms with Gasteiger partial charge in [-0.2, -0.15) is 0 Å². The average Bonchev–Trinajstić information content (AvgIpc) is 2.55. The molecule has 0 heterocycles. The van der Waals surface area contributed by atoms with E-state index in [9.17, 15) is 14.3 Å². The number of carbonyl (C=O) groups excluding carboxylic acids is 1. The summed E-state index contributed by atoms with van der Waals surface area (Å²) in [6.45, 7) is 0.533. The zero-order valence-electron chi connectivity index (χ0n) is 12.1. The lowest BCUT2D eigenvalue weighted by molar-refractivity contribution is -0.121. The Kier molecular flexibility index (Phi) is 5.91. The number of benzene rings is 2. The smallest absolute Gasteiger partial charge is 0.223 e. The van der Waals surface area contributed by atoms with Crippen molar-refractivity contribution in [2.24, 2.45) is 0 Å². The van der Waals surface area contributed by atoms with Crippen molar-refractivity contribution in [3.05, 3.63) is 65.5 Å². The summed E-state index contributed by atoms with van der Waals surface area (Å²) in [5, 5.41) is 12.0. The molecule has 116 valence electrons. The molecule has 0 radical (unpaired) electrons. The van der Waals surface area contributed by atoms with Crippen LogP contribution >= 0.6 is 0 Å². The molecule has 1 amide bonds. The highest BCUT2D eigenvalue weighted by atomic mass is 19.1. The highest BCUT2D eigenvalue weighted by molar-refractivity contribution is 5.76. The molecular formula is C17H18FNO3. The van der Waals surface area contributed by atoms with Crippen molar-refractivity contribution < 1.29 is 19.0 Å².